The molecule has 0 aliphatic carbocycles. The van der Waals surface area contributed by atoms with Crippen LogP contribution in [0.2, 0.25) is 0 Å². The summed E-state index contributed by atoms with van der Waals surface area (Å²) < 4.78 is 6.17. The highest BCUT2D eigenvalue weighted by atomic mass is 16.5. The predicted molar refractivity (Wildman–Crippen MR) is 89.1 cm³/mol. The lowest BCUT2D eigenvalue weighted by molar-refractivity contribution is 0.0526. The Morgan fingerprint density at radius 1 is 1.24 bits per heavy atom. The van der Waals surface area contributed by atoms with Gasteiger partial charge in [0.2, 0.25) is 5.88 Å². The van der Waals surface area contributed by atoms with Gasteiger partial charge in [-0.05, 0) is 36.8 Å². The van der Waals surface area contributed by atoms with Crippen LogP contribution in [0.25, 0.3) is 16.9 Å². The van der Waals surface area contributed by atoms with Crippen LogP contribution in [0.4, 0.5) is 0 Å². The van der Waals surface area contributed by atoms with Crippen molar-refractivity contribution in [1.29, 1.82) is 5.26 Å². The average Bonchev–Trinajstić information content (AvgIpc) is 3.03. The van der Waals surface area contributed by atoms with Gasteiger partial charge >= 0.3 is 5.97 Å². The van der Waals surface area contributed by atoms with Crippen molar-refractivity contribution in [3.05, 3.63) is 59.9 Å². The predicted octanol–water partition coefficient (Wildman–Crippen LogP) is 2.69. The highest BCUT2D eigenvalue weighted by molar-refractivity contribution is 5.89. The number of nitrogens with zero attached hydrogens (tertiary/aromatic N) is 4. The minimum atomic E-state index is -0.454. The van der Waals surface area contributed by atoms with Crippen molar-refractivity contribution in [3.8, 4) is 28.9 Å². The summed E-state index contributed by atoms with van der Waals surface area (Å²) in [7, 11) is 0. The quantitative estimate of drug-likeness (QED) is 0.736. The van der Waals surface area contributed by atoms with Crippen LogP contribution < -0.4 is 0 Å². The van der Waals surface area contributed by atoms with E-state index in [1.165, 1.54) is 17.1 Å². The van der Waals surface area contributed by atoms with Gasteiger partial charge in [0, 0.05) is 6.20 Å². The van der Waals surface area contributed by atoms with E-state index in [0.29, 0.717) is 22.5 Å². The summed E-state index contributed by atoms with van der Waals surface area (Å²) in [5.74, 6) is -0.170. The maximum atomic E-state index is 11.6. The summed E-state index contributed by atoms with van der Waals surface area (Å²) in [5.41, 5.74) is 2.10. The Labute approximate surface area is 143 Å². The second-order valence-electron chi connectivity index (χ2n) is 5.11. The number of aromatic hydroxyl groups is 1. The molecule has 7 nitrogen and oxygen atoms in total. The molecule has 0 unspecified atom stereocenters. The fourth-order valence-electron chi connectivity index (χ4n) is 2.28. The van der Waals surface area contributed by atoms with E-state index in [9.17, 15) is 9.90 Å². The maximum absolute atomic E-state index is 11.6. The number of aromatic nitrogens is 3. The van der Waals surface area contributed by atoms with E-state index in [1.54, 1.807) is 43.3 Å². The number of nitriles is 1. The normalized spacial score (nSPS) is 10.2. The first kappa shape index (κ1) is 16.2. The van der Waals surface area contributed by atoms with E-state index in [4.69, 9.17) is 10.00 Å². The van der Waals surface area contributed by atoms with E-state index in [0.717, 1.165) is 5.56 Å². The Kier molecular flexibility index (Phi) is 4.44. The number of carbonyl (C=O) groups excluding carboxylic acids is 1. The first-order valence-corrected chi connectivity index (χ1v) is 7.55. The number of hydrogen-bond acceptors (Lipinski definition) is 6. The zero-order valence-corrected chi connectivity index (χ0v) is 13.4. The first-order valence-electron chi connectivity index (χ1n) is 7.55. The van der Waals surface area contributed by atoms with Gasteiger partial charge in [-0.25, -0.2) is 9.78 Å². The van der Waals surface area contributed by atoms with Crippen molar-refractivity contribution in [1.82, 2.24) is 14.8 Å². The van der Waals surface area contributed by atoms with E-state index < -0.39 is 5.97 Å². The third-order valence-corrected chi connectivity index (χ3v) is 3.54. The van der Waals surface area contributed by atoms with E-state index in [2.05, 4.69) is 10.1 Å². The van der Waals surface area contributed by atoms with Gasteiger partial charge in [-0.3, -0.25) is 0 Å². The summed E-state index contributed by atoms with van der Waals surface area (Å²) in [4.78, 5) is 15.8. The Morgan fingerprint density at radius 3 is 2.60 bits per heavy atom. The number of carbonyl (C=O) groups is 1. The summed E-state index contributed by atoms with van der Waals surface area (Å²) >= 11 is 0. The molecule has 0 spiro atoms. The lowest BCUT2D eigenvalue weighted by Gasteiger charge is -2.05. The van der Waals surface area contributed by atoms with Gasteiger partial charge < -0.3 is 9.84 Å². The molecule has 1 N–H and O–H groups in total. The highest BCUT2D eigenvalue weighted by Gasteiger charge is 2.14. The average molecular weight is 334 g/mol. The molecule has 0 saturated heterocycles. The third-order valence-electron chi connectivity index (χ3n) is 3.54. The Balaban J connectivity index is 1.90. The van der Waals surface area contributed by atoms with E-state index in [-0.39, 0.29) is 12.5 Å². The van der Waals surface area contributed by atoms with E-state index >= 15 is 0 Å². The number of benzene rings is 1. The number of ether oxygens (including phenoxy) is 1. The van der Waals surface area contributed by atoms with Gasteiger partial charge in [0.1, 0.15) is 0 Å². The molecule has 0 bridgehead atoms. The Bertz CT molecular complexity index is 938. The molecule has 3 aromatic rings. The van der Waals surface area contributed by atoms with Crippen LogP contribution in [0, 0.1) is 11.3 Å². The number of esters is 1. The zero-order chi connectivity index (χ0) is 17.8. The molecule has 1 aromatic carbocycles. The zero-order valence-electron chi connectivity index (χ0n) is 13.4. The number of pyridine rings is 1. The summed E-state index contributed by atoms with van der Waals surface area (Å²) in [6.45, 7) is 2.01. The molecule has 2 aromatic heterocycles. The molecule has 0 aliphatic heterocycles. The molecule has 0 aliphatic rings. The van der Waals surface area contributed by atoms with Gasteiger partial charge in [0.05, 0.1) is 35.6 Å². The van der Waals surface area contributed by atoms with Gasteiger partial charge in [-0.1, -0.05) is 12.1 Å². The van der Waals surface area contributed by atoms with Crippen LogP contribution in [-0.2, 0) is 4.74 Å². The van der Waals surface area contributed by atoms with Gasteiger partial charge in [0.15, 0.2) is 5.82 Å². The molecule has 25 heavy (non-hydrogen) atoms. The second-order valence-corrected chi connectivity index (χ2v) is 5.11. The van der Waals surface area contributed by atoms with Crippen LogP contribution in [-0.4, -0.2) is 32.4 Å². The van der Waals surface area contributed by atoms with Crippen molar-refractivity contribution in [3.63, 3.8) is 0 Å². The molecule has 2 heterocycles. The number of rotatable bonds is 4. The highest BCUT2D eigenvalue weighted by Crippen LogP contribution is 2.30. The Morgan fingerprint density at radius 2 is 2.00 bits per heavy atom. The monoisotopic (exact) mass is 334 g/mol. The fourth-order valence-corrected chi connectivity index (χ4v) is 2.28. The molecule has 0 amide bonds. The topological polar surface area (TPSA) is 101 Å². The first-order chi connectivity index (χ1) is 12.1. The molecule has 7 heteroatoms. The largest absolute Gasteiger partial charge is 0.493 e. The van der Waals surface area contributed by atoms with Crippen LogP contribution in [0.1, 0.15) is 22.8 Å². The van der Waals surface area contributed by atoms with Crippen molar-refractivity contribution in [2.24, 2.45) is 0 Å². The standard InChI is InChI=1S/C18H14N4O3/c1-2-25-18(24)14-7-8-16(20-10-14)22-17(23)15(11-21-22)13-5-3-12(9-19)4-6-13/h3-8,10-11,23H,2H2,1H3. The smallest absolute Gasteiger partial charge is 0.339 e. The van der Waals surface area contributed by atoms with Gasteiger partial charge in [0.25, 0.3) is 0 Å². The molecule has 0 fully saturated rings. The van der Waals surface area contributed by atoms with Crippen molar-refractivity contribution in [2.45, 2.75) is 6.92 Å². The summed E-state index contributed by atoms with van der Waals surface area (Å²) in [6, 6.07) is 12.0. The third kappa shape index (κ3) is 3.19. The van der Waals surface area contributed by atoms with Crippen LogP contribution in [0.5, 0.6) is 5.88 Å². The molecule has 3 rings (SSSR count). The molecule has 124 valence electrons. The molecular formula is C18H14N4O3. The molecule has 0 saturated carbocycles. The lowest BCUT2D eigenvalue weighted by atomic mass is 10.1. The lowest BCUT2D eigenvalue weighted by Crippen LogP contribution is -2.06. The van der Waals surface area contributed by atoms with Crippen LogP contribution >= 0.6 is 0 Å². The fraction of sp³-hybridized carbons (Fsp3) is 0.111. The van der Waals surface area contributed by atoms with Crippen LogP contribution in [0.15, 0.2) is 48.8 Å². The van der Waals surface area contributed by atoms with Gasteiger partial charge in [-0.2, -0.15) is 15.0 Å². The van der Waals surface area contributed by atoms with Crippen molar-refractivity contribution >= 4 is 5.97 Å². The molecule has 0 atom stereocenters. The van der Waals surface area contributed by atoms with Gasteiger partial charge in [-0.15, -0.1) is 0 Å². The number of hydrogen-bond donors (Lipinski definition) is 1. The minimum Gasteiger partial charge on any atom is -0.493 e. The minimum absolute atomic E-state index is 0.0823. The maximum Gasteiger partial charge on any atom is 0.339 e. The van der Waals surface area contributed by atoms with Crippen LogP contribution in [0.3, 0.4) is 0 Å². The molecular weight excluding hydrogens is 320 g/mol. The summed E-state index contributed by atoms with van der Waals surface area (Å²) in [5, 5.41) is 23.4. The van der Waals surface area contributed by atoms with E-state index in [1.807, 2.05) is 6.07 Å². The SMILES string of the molecule is CCOC(=O)c1ccc(-n2ncc(-c3ccc(C#N)cc3)c2O)nc1. The summed E-state index contributed by atoms with van der Waals surface area (Å²) in [6.07, 6.45) is 2.88. The molecule has 0 radical (unpaired) electrons. The van der Waals surface area contributed by atoms with Crippen molar-refractivity contribution in [2.75, 3.05) is 6.61 Å². The van der Waals surface area contributed by atoms with Crippen molar-refractivity contribution < 1.29 is 14.6 Å². The second kappa shape index (κ2) is 6.84. The Hall–Kier alpha value is -3.66.